The molecule has 0 saturated carbocycles. The molecule has 0 saturated heterocycles. The van der Waals surface area contributed by atoms with Crippen LogP contribution in [0.25, 0.3) is 0 Å². The molecular formula is C5H8ClNO2. The van der Waals surface area contributed by atoms with E-state index in [1.54, 1.807) is 19.2 Å². The molecular weight excluding hydrogens is 142 g/mol. The van der Waals surface area contributed by atoms with Gasteiger partial charge in [0.15, 0.2) is 0 Å². The van der Waals surface area contributed by atoms with E-state index in [4.69, 9.17) is 0 Å². The molecule has 0 aliphatic carbocycles. The molecule has 1 aliphatic heterocycles. The minimum Gasteiger partial charge on any atom is -0.356 e. The van der Waals surface area contributed by atoms with Crippen LogP contribution in [0.15, 0.2) is 24.3 Å². The molecule has 0 fully saturated rings. The minimum atomic E-state index is 0. The molecule has 0 aromatic rings. The molecule has 1 aliphatic rings. The molecule has 0 unspecified atom stereocenters. The highest BCUT2D eigenvalue weighted by atomic mass is 35.5. The zero-order chi connectivity index (χ0) is 5.82. The Bertz CT molecular complexity index is 133. The molecule has 0 atom stereocenters. The third-order valence-electron chi connectivity index (χ3n) is 0.766. The Morgan fingerprint density at radius 1 is 1.56 bits per heavy atom. The fourth-order valence-electron chi connectivity index (χ4n) is 0.391. The van der Waals surface area contributed by atoms with Gasteiger partial charge in [0.1, 0.15) is 6.26 Å². The van der Waals surface area contributed by atoms with Gasteiger partial charge in [0.05, 0.1) is 0 Å². The summed E-state index contributed by atoms with van der Waals surface area (Å²) in [7, 11) is 1.76. The average molecular weight is 150 g/mol. The predicted molar refractivity (Wildman–Crippen MR) is 35.7 cm³/mol. The van der Waals surface area contributed by atoms with E-state index < -0.39 is 0 Å². The number of nitrogens with one attached hydrogen (secondary N) is 1. The summed E-state index contributed by atoms with van der Waals surface area (Å²) in [4.78, 5) is 9.05. The van der Waals surface area contributed by atoms with Crippen molar-refractivity contribution in [1.82, 2.24) is 5.32 Å². The van der Waals surface area contributed by atoms with Gasteiger partial charge < -0.3 is 5.32 Å². The maximum Gasteiger partial charge on any atom is 0.243 e. The molecule has 0 amide bonds. The van der Waals surface area contributed by atoms with Gasteiger partial charge in [0.2, 0.25) is 5.88 Å². The van der Waals surface area contributed by atoms with Crippen molar-refractivity contribution < 1.29 is 9.78 Å². The summed E-state index contributed by atoms with van der Waals surface area (Å²) in [6.07, 6.45) is 4.97. The van der Waals surface area contributed by atoms with Crippen LogP contribution in [-0.2, 0) is 9.78 Å². The fraction of sp³-hybridized carbons (Fsp3) is 0.200. The quantitative estimate of drug-likeness (QED) is 0.563. The van der Waals surface area contributed by atoms with Gasteiger partial charge in [-0.15, -0.1) is 12.4 Å². The lowest BCUT2D eigenvalue weighted by Crippen LogP contribution is -2.09. The number of rotatable bonds is 1. The zero-order valence-electron chi connectivity index (χ0n) is 4.96. The van der Waals surface area contributed by atoms with E-state index in [0.29, 0.717) is 5.88 Å². The van der Waals surface area contributed by atoms with Gasteiger partial charge >= 0.3 is 0 Å². The lowest BCUT2D eigenvalue weighted by atomic mass is 10.5. The van der Waals surface area contributed by atoms with Crippen LogP contribution >= 0.6 is 12.4 Å². The number of allylic oxidation sites excluding steroid dienone is 2. The third kappa shape index (κ3) is 2.28. The second-order valence-electron chi connectivity index (χ2n) is 1.29. The molecule has 0 aromatic heterocycles. The van der Waals surface area contributed by atoms with Crippen molar-refractivity contribution in [2.75, 3.05) is 7.05 Å². The van der Waals surface area contributed by atoms with Crippen LogP contribution in [0.4, 0.5) is 0 Å². The summed E-state index contributed by atoms with van der Waals surface area (Å²) in [5.41, 5.74) is 0. The SMILES string of the molecule is CNC1=CC=COO1.Cl. The predicted octanol–water partition coefficient (Wildman–Crippen LogP) is 0.944. The third-order valence-corrected chi connectivity index (χ3v) is 0.766. The van der Waals surface area contributed by atoms with Crippen molar-refractivity contribution in [3.63, 3.8) is 0 Å². The van der Waals surface area contributed by atoms with Crippen molar-refractivity contribution in [1.29, 1.82) is 0 Å². The van der Waals surface area contributed by atoms with Gasteiger partial charge in [-0.1, -0.05) is 0 Å². The number of hydrogen-bond donors (Lipinski definition) is 1. The van der Waals surface area contributed by atoms with Gasteiger partial charge in [0, 0.05) is 13.1 Å². The second kappa shape index (κ2) is 4.09. The van der Waals surface area contributed by atoms with Crippen LogP contribution in [0, 0.1) is 0 Å². The van der Waals surface area contributed by atoms with Crippen molar-refractivity contribution in [3.8, 4) is 0 Å². The first-order valence-electron chi connectivity index (χ1n) is 2.31. The minimum absolute atomic E-state index is 0. The first kappa shape index (κ1) is 8.17. The van der Waals surface area contributed by atoms with Crippen LogP contribution in [0.1, 0.15) is 0 Å². The van der Waals surface area contributed by atoms with Gasteiger partial charge in [-0.05, 0) is 6.08 Å². The van der Waals surface area contributed by atoms with Crippen molar-refractivity contribution in [2.24, 2.45) is 0 Å². The molecule has 1 heterocycles. The number of halogens is 1. The Hall–Kier alpha value is -0.830. The lowest BCUT2D eigenvalue weighted by Gasteiger charge is -2.06. The highest BCUT2D eigenvalue weighted by Gasteiger charge is 1.94. The lowest BCUT2D eigenvalue weighted by molar-refractivity contribution is -0.219. The molecule has 1 N–H and O–H groups in total. The second-order valence-corrected chi connectivity index (χ2v) is 1.29. The molecule has 0 bridgehead atoms. The van der Waals surface area contributed by atoms with E-state index in [1.165, 1.54) is 6.26 Å². The van der Waals surface area contributed by atoms with E-state index >= 15 is 0 Å². The highest BCUT2D eigenvalue weighted by Crippen LogP contribution is 1.99. The van der Waals surface area contributed by atoms with Crippen LogP contribution in [0.2, 0.25) is 0 Å². The van der Waals surface area contributed by atoms with Crippen LogP contribution in [0.3, 0.4) is 0 Å². The first-order chi connectivity index (χ1) is 3.93. The van der Waals surface area contributed by atoms with Crippen LogP contribution in [-0.4, -0.2) is 7.05 Å². The van der Waals surface area contributed by atoms with E-state index in [1.807, 2.05) is 0 Å². The van der Waals surface area contributed by atoms with E-state index in [9.17, 15) is 0 Å². The highest BCUT2D eigenvalue weighted by molar-refractivity contribution is 5.85. The fourth-order valence-corrected chi connectivity index (χ4v) is 0.391. The van der Waals surface area contributed by atoms with Gasteiger partial charge in [0.25, 0.3) is 0 Å². The smallest absolute Gasteiger partial charge is 0.243 e. The zero-order valence-corrected chi connectivity index (χ0v) is 5.77. The average Bonchev–Trinajstić information content (AvgIpc) is 1.90. The Labute approximate surface area is 59.7 Å². The molecule has 52 valence electrons. The normalized spacial score (nSPS) is 14.1. The van der Waals surface area contributed by atoms with Gasteiger partial charge in [-0.3, -0.25) is 9.78 Å². The Balaban J connectivity index is 0.000000640. The largest absolute Gasteiger partial charge is 0.356 e. The summed E-state index contributed by atoms with van der Waals surface area (Å²) >= 11 is 0. The van der Waals surface area contributed by atoms with Crippen molar-refractivity contribution in [2.45, 2.75) is 0 Å². The number of hydrogen-bond acceptors (Lipinski definition) is 3. The standard InChI is InChI=1S/C5H7NO2.ClH/c1-6-5-3-2-4-7-8-5;/h2-4,6H,1H3;1H. The van der Waals surface area contributed by atoms with Crippen molar-refractivity contribution in [3.05, 3.63) is 24.3 Å². The summed E-state index contributed by atoms with van der Waals surface area (Å²) in [5, 5.41) is 2.77. The monoisotopic (exact) mass is 149 g/mol. The molecule has 9 heavy (non-hydrogen) atoms. The first-order valence-corrected chi connectivity index (χ1v) is 2.31. The van der Waals surface area contributed by atoms with Gasteiger partial charge in [-0.25, -0.2) is 0 Å². The summed E-state index contributed by atoms with van der Waals surface area (Å²) < 4.78 is 0. The van der Waals surface area contributed by atoms with E-state index in [-0.39, 0.29) is 12.4 Å². The topological polar surface area (TPSA) is 30.5 Å². The van der Waals surface area contributed by atoms with E-state index in [2.05, 4.69) is 15.1 Å². The van der Waals surface area contributed by atoms with Gasteiger partial charge in [-0.2, -0.15) is 0 Å². The van der Waals surface area contributed by atoms with Crippen LogP contribution in [0.5, 0.6) is 0 Å². The molecule has 0 radical (unpaired) electrons. The maximum absolute atomic E-state index is 4.59. The maximum atomic E-state index is 4.59. The molecule has 0 spiro atoms. The van der Waals surface area contributed by atoms with E-state index in [0.717, 1.165) is 0 Å². The summed E-state index contributed by atoms with van der Waals surface area (Å²) in [5.74, 6) is 0.618. The Morgan fingerprint density at radius 2 is 2.33 bits per heavy atom. The molecule has 3 nitrogen and oxygen atoms in total. The molecule has 1 rings (SSSR count). The van der Waals surface area contributed by atoms with Crippen LogP contribution < -0.4 is 5.32 Å². The van der Waals surface area contributed by atoms with Crippen molar-refractivity contribution >= 4 is 12.4 Å². The molecule has 0 aromatic carbocycles. The Kier molecular flexibility index (Phi) is 3.71. The molecule has 4 heteroatoms. The summed E-state index contributed by atoms with van der Waals surface area (Å²) in [6, 6.07) is 0. The summed E-state index contributed by atoms with van der Waals surface area (Å²) in [6.45, 7) is 0. The Morgan fingerprint density at radius 3 is 2.67 bits per heavy atom.